The van der Waals surface area contributed by atoms with Gasteiger partial charge in [-0.3, -0.25) is 0 Å². The van der Waals surface area contributed by atoms with E-state index in [9.17, 15) is 0 Å². The van der Waals surface area contributed by atoms with Gasteiger partial charge >= 0.3 is 0 Å². The molecule has 0 fully saturated rings. The van der Waals surface area contributed by atoms with E-state index in [1.54, 1.807) is 0 Å². The van der Waals surface area contributed by atoms with Crippen molar-refractivity contribution in [3.63, 3.8) is 0 Å². The monoisotopic (exact) mass is 242 g/mol. The van der Waals surface area contributed by atoms with E-state index in [4.69, 9.17) is 14.2 Å². The van der Waals surface area contributed by atoms with Gasteiger partial charge in [0.05, 0.1) is 13.2 Å². The van der Waals surface area contributed by atoms with E-state index < -0.39 is 0 Å². The highest BCUT2D eigenvalue weighted by Gasteiger charge is 2.19. The minimum Gasteiger partial charge on any atom is -0.349 e. The first-order chi connectivity index (χ1) is 8.08. The van der Waals surface area contributed by atoms with Crippen molar-refractivity contribution in [3.8, 4) is 0 Å². The molecule has 0 radical (unpaired) electrons. The van der Waals surface area contributed by atoms with E-state index >= 15 is 0 Å². The van der Waals surface area contributed by atoms with Gasteiger partial charge in [0, 0.05) is 0 Å². The average Bonchev–Trinajstić information content (AvgIpc) is 2.65. The van der Waals surface area contributed by atoms with Crippen LogP contribution in [0.25, 0.3) is 0 Å². The molecule has 0 N–H and O–H groups in total. The number of ether oxygens (including phenoxy) is 3. The molecule has 1 aliphatic rings. The van der Waals surface area contributed by atoms with Crippen LogP contribution in [0.3, 0.4) is 0 Å². The second-order valence-electron chi connectivity index (χ2n) is 5.36. The molecule has 0 aromatic heterocycles. The molecule has 1 aliphatic heterocycles. The first kappa shape index (κ1) is 14.7. The van der Waals surface area contributed by atoms with Crippen LogP contribution in [0.1, 0.15) is 40.5 Å². The summed E-state index contributed by atoms with van der Waals surface area (Å²) in [7, 11) is 0. The van der Waals surface area contributed by atoms with Crippen molar-refractivity contribution in [2.75, 3.05) is 13.2 Å². The third-order valence-corrected chi connectivity index (χ3v) is 2.65. The van der Waals surface area contributed by atoms with Crippen LogP contribution in [0.15, 0.2) is 12.2 Å². The van der Waals surface area contributed by atoms with Gasteiger partial charge in [0.1, 0.15) is 0 Å². The Morgan fingerprint density at radius 1 is 0.882 bits per heavy atom. The Kier molecular flexibility index (Phi) is 6.78. The standard InChI is InChI=1S/C14H26O3/c1-11(2)7-9-15-13-5-6-14(17-13)16-10-8-12(3)4/h5-6,11-14H,7-10H2,1-4H3. The van der Waals surface area contributed by atoms with Gasteiger partial charge in [-0.25, -0.2) is 0 Å². The molecule has 2 unspecified atom stereocenters. The minimum absolute atomic E-state index is 0.224. The Bertz CT molecular complexity index is 202. The van der Waals surface area contributed by atoms with Crippen molar-refractivity contribution in [1.29, 1.82) is 0 Å². The lowest BCUT2D eigenvalue weighted by Gasteiger charge is -2.16. The summed E-state index contributed by atoms with van der Waals surface area (Å²) in [6, 6.07) is 0. The molecule has 0 aliphatic carbocycles. The van der Waals surface area contributed by atoms with Crippen LogP contribution < -0.4 is 0 Å². The quantitative estimate of drug-likeness (QED) is 0.611. The molecule has 0 saturated carbocycles. The second-order valence-corrected chi connectivity index (χ2v) is 5.36. The van der Waals surface area contributed by atoms with Crippen LogP contribution in [0.4, 0.5) is 0 Å². The lowest BCUT2D eigenvalue weighted by molar-refractivity contribution is -0.194. The van der Waals surface area contributed by atoms with Crippen molar-refractivity contribution in [3.05, 3.63) is 12.2 Å². The Hall–Kier alpha value is -0.380. The zero-order valence-electron chi connectivity index (χ0n) is 11.5. The van der Waals surface area contributed by atoms with Gasteiger partial charge in [0.25, 0.3) is 0 Å². The Morgan fingerprint density at radius 2 is 1.29 bits per heavy atom. The maximum atomic E-state index is 5.58. The SMILES string of the molecule is CC(C)CCOC1C=CC(OCCC(C)C)O1. The zero-order chi connectivity index (χ0) is 12.7. The van der Waals surface area contributed by atoms with Crippen LogP contribution in [0.2, 0.25) is 0 Å². The lowest BCUT2D eigenvalue weighted by atomic mass is 10.1. The third-order valence-electron chi connectivity index (χ3n) is 2.65. The number of rotatable bonds is 8. The van der Waals surface area contributed by atoms with Crippen LogP contribution >= 0.6 is 0 Å². The second kappa shape index (κ2) is 7.85. The zero-order valence-corrected chi connectivity index (χ0v) is 11.5. The molecule has 17 heavy (non-hydrogen) atoms. The third kappa shape index (κ3) is 6.81. The van der Waals surface area contributed by atoms with Crippen molar-refractivity contribution in [2.24, 2.45) is 11.8 Å². The van der Waals surface area contributed by atoms with E-state index in [0.717, 1.165) is 26.1 Å². The number of hydrogen-bond acceptors (Lipinski definition) is 3. The van der Waals surface area contributed by atoms with Gasteiger partial charge in [-0.2, -0.15) is 0 Å². The van der Waals surface area contributed by atoms with Crippen LogP contribution in [-0.4, -0.2) is 25.8 Å². The van der Waals surface area contributed by atoms with Gasteiger partial charge in [-0.05, 0) is 36.8 Å². The summed E-state index contributed by atoms with van der Waals surface area (Å²) in [6.45, 7) is 10.2. The van der Waals surface area contributed by atoms with Crippen molar-refractivity contribution in [2.45, 2.75) is 53.1 Å². The normalized spacial score (nSPS) is 24.1. The molecule has 2 atom stereocenters. The van der Waals surface area contributed by atoms with E-state index in [-0.39, 0.29) is 12.6 Å². The van der Waals surface area contributed by atoms with E-state index in [0.29, 0.717) is 11.8 Å². The predicted molar refractivity (Wildman–Crippen MR) is 68.6 cm³/mol. The van der Waals surface area contributed by atoms with Gasteiger partial charge < -0.3 is 14.2 Å². The first-order valence-electron chi connectivity index (χ1n) is 6.65. The smallest absolute Gasteiger partial charge is 0.180 e. The topological polar surface area (TPSA) is 27.7 Å². The van der Waals surface area contributed by atoms with Gasteiger partial charge in [0.15, 0.2) is 12.6 Å². The summed E-state index contributed by atoms with van der Waals surface area (Å²) in [5.74, 6) is 1.33. The summed E-state index contributed by atoms with van der Waals surface area (Å²) in [6.07, 6.45) is 5.54. The fourth-order valence-corrected chi connectivity index (χ4v) is 1.43. The molecular weight excluding hydrogens is 216 g/mol. The van der Waals surface area contributed by atoms with Gasteiger partial charge in [-0.15, -0.1) is 0 Å². The van der Waals surface area contributed by atoms with E-state index in [2.05, 4.69) is 27.7 Å². The Morgan fingerprint density at radius 3 is 1.65 bits per heavy atom. The highest BCUT2D eigenvalue weighted by atomic mass is 16.8. The first-order valence-corrected chi connectivity index (χ1v) is 6.65. The minimum atomic E-state index is -0.224. The lowest BCUT2D eigenvalue weighted by Crippen LogP contribution is -2.19. The van der Waals surface area contributed by atoms with Gasteiger partial charge in [-0.1, -0.05) is 27.7 Å². The summed E-state index contributed by atoms with van der Waals surface area (Å²) in [4.78, 5) is 0. The summed E-state index contributed by atoms with van der Waals surface area (Å²) in [5.41, 5.74) is 0. The molecular formula is C14H26O3. The molecule has 0 aromatic rings. The average molecular weight is 242 g/mol. The van der Waals surface area contributed by atoms with Crippen molar-refractivity contribution < 1.29 is 14.2 Å². The maximum absolute atomic E-state index is 5.58. The molecule has 100 valence electrons. The van der Waals surface area contributed by atoms with E-state index in [1.807, 2.05) is 12.2 Å². The summed E-state index contributed by atoms with van der Waals surface area (Å²) < 4.78 is 16.7. The van der Waals surface area contributed by atoms with Gasteiger partial charge in [0.2, 0.25) is 0 Å². The molecule has 0 aromatic carbocycles. The predicted octanol–water partition coefficient (Wildman–Crippen LogP) is 3.35. The fourth-order valence-electron chi connectivity index (χ4n) is 1.43. The van der Waals surface area contributed by atoms with Crippen molar-refractivity contribution >= 4 is 0 Å². The molecule has 0 amide bonds. The van der Waals surface area contributed by atoms with E-state index in [1.165, 1.54) is 0 Å². The fraction of sp³-hybridized carbons (Fsp3) is 0.857. The summed E-state index contributed by atoms with van der Waals surface area (Å²) >= 11 is 0. The number of hydrogen-bond donors (Lipinski definition) is 0. The molecule has 1 rings (SSSR count). The molecule has 3 heteroatoms. The Balaban J connectivity index is 2.05. The Labute approximate surface area is 105 Å². The van der Waals surface area contributed by atoms with Crippen LogP contribution in [0.5, 0.6) is 0 Å². The van der Waals surface area contributed by atoms with Crippen molar-refractivity contribution in [1.82, 2.24) is 0 Å². The van der Waals surface area contributed by atoms with Crippen LogP contribution in [-0.2, 0) is 14.2 Å². The summed E-state index contributed by atoms with van der Waals surface area (Å²) in [5, 5.41) is 0. The molecule has 1 heterocycles. The molecule has 0 saturated heterocycles. The maximum Gasteiger partial charge on any atom is 0.180 e. The molecule has 3 nitrogen and oxygen atoms in total. The molecule has 0 spiro atoms. The highest BCUT2D eigenvalue weighted by molar-refractivity contribution is 4.95. The highest BCUT2D eigenvalue weighted by Crippen LogP contribution is 2.15. The molecule has 0 bridgehead atoms. The van der Waals surface area contributed by atoms with Crippen LogP contribution in [0, 0.1) is 11.8 Å². The largest absolute Gasteiger partial charge is 0.349 e.